The normalized spacial score (nSPS) is 17.6. The average molecular weight is 551 g/mol. The van der Waals surface area contributed by atoms with Gasteiger partial charge in [-0.05, 0) is 36.6 Å². The van der Waals surface area contributed by atoms with Crippen molar-refractivity contribution >= 4 is 32.5 Å². The van der Waals surface area contributed by atoms with Gasteiger partial charge in [-0.2, -0.15) is 4.31 Å². The highest BCUT2D eigenvalue weighted by molar-refractivity contribution is 7.89. The van der Waals surface area contributed by atoms with Gasteiger partial charge in [-0.15, -0.1) is 0 Å². The van der Waals surface area contributed by atoms with Crippen LogP contribution >= 0.6 is 0 Å². The van der Waals surface area contributed by atoms with E-state index in [-0.39, 0.29) is 26.8 Å². The van der Waals surface area contributed by atoms with E-state index < -0.39 is 31.7 Å². The first kappa shape index (κ1) is 28.9. The maximum Gasteiger partial charge on any atom is 0.335 e. The highest BCUT2D eigenvalue weighted by Crippen LogP contribution is 2.25. The molecule has 1 aliphatic rings. The van der Waals surface area contributed by atoms with Crippen LogP contribution in [0.3, 0.4) is 0 Å². The van der Waals surface area contributed by atoms with Gasteiger partial charge in [0.2, 0.25) is 10.0 Å². The lowest BCUT2D eigenvalue weighted by atomic mass is 10.1. The molecular weight excluding hydrogens is 516 g/mol. The summed E-state index contributed by atoms with van der Waals surface area (Å²) in [6.45, 7) is 0.724. The van der Waals surface area contributed by atoms with Crippen molar-refractivity contribution in [1.82, 2.24) is 4.31 Å². The Labute approximate surface area is 220 Å². The molecule has 1 fully saturated rings. The summed E-state index contributed by atoms with van der Waals surface area (Å²) in [7, 11) is -5.76. The van der Waals surface area contributed by atoms with E-state index in [1.54, 1.807) is 0 Å². The van der Waals surface area contributed by atoms with Gasteiger partial charge in [0, 0.05) is 30.1 Å². The summed E-state index contributed by atoms with van der Waals surface area (Å²) in [5.41, 5.74) is 0.199. The van der Waals surface area contributed by atoms with Crippen molar-refractivity contribution < 1.29 is 27.5 Å². The molecule has 1 N–H and O–H groups in total. The largest absolute Gasteiger partial charge is 0.478 e. The number of carboxylic acid groups (broad SMARTS) is 1. The number of benzene rings is 2. The van der Waals surface area contributed by atoms with Crippen LogP contribution in [0.15, 0.2) is 52.3 Å². The van der Waals surface area contributed by atoms with Crippen molar-refractivity contribution in [3.63, 3.8) is 0 Å². The van der Waals surface area contributed by atoms with Crippen LogP contribution in [0.4, 0.5) is 5.69 Å². The molecule has 1 unspecified atom stereocenters. The predicted octanol–water partition coefficient (Wildman–Crippen LogP) is 5.51. The van der Waals surface area contributed by atoms with Gasteiger partial charge < -0.3 is 5.11 Å². The first-order valence-electron chi connectivity index (χ1n) is 12.7. The van der Waals surface area contributed by atoms with Crippen LogP contribution in [0, 0.1) is 10.1 Å². The van der Waals surface area contributed by atoms with E-state index in [1.807, 2.05) is 0 Å². The van der Waals surface area contributed by atoms with Gasteiger partial charge in [0.25, 0.3) is 5.69 Å². The van der Waals surface area contributed by atoms with Gasteiger partial charge in [0.15, 0.2) is 0 Å². The Morgan fingerprint density at radius 2 is 1.41 bits per heavy atom. The van der Waals surface area contributed by atoms with E-state index in [2.05, 4.69) is 0 Å². The van der Waals surface area contributed by atoms with E-state index in [4.69, 9.17) is 0 Å². The van der Waals surface area contributed by atoms with Crippen LogP contribution in [0.25, 0.3) is 0 Å². The third kappa shape index (κ3) is 8.44. The standard InChI is InChI=1S/C26H34N2O7S2/c29-26(30)22-17-24(36(33)20-21-11-13-23(14-12-21)28(31)32)19-25(18-22)37(34,35)27-15-9-7-5-3-1-2-4-6-8-10-16-27/h11-14,17-19H,1-10,15-16,20H2,(H,29,30). The minimum atomic E-state index is -4.00. The molecule has 1 heterocycles. The smallest absolute Gasteiger partial charge is 0.335 e. The number of sulfonamides is 1. The Bertz CT molecular complexity index is 1200. The van der Waals surface area contributed by atoms with Gasteiger partial charge >= 0.3 is 5.97 Å². The molecule has 2 aromatic carbocycles. The Morgan fingerprint density at radius 1 is 0.892 bits per heavy atom. The summed E-state index contributed by atoms with van der Waals surface area (Å²) < 4.78 is 41.9. The fraction of sp³-hybridized carbons (Fsp3) is 0.500. The summed E-state index contributed by atoms with van der Waals surface area (Å²) >= 11 is 0. The molecule has 202 valence electrons. The number of hydrogen-bond acceptors (Lipinski definition) is 6. The molecule has 37 heavy (non-hydrogen) atoms. The Balaban J connectivity index is 1.87. The van der Waals surface area contributed by atoms with Gasteiger partial charge in [-0.25, -0.2) is 13.2 Å². The van der Waals surface area contributed by atoms with Gasteiger partial charge in [-0.1, -0.05) is 63.5 Å². The summed E-state index contributed by atoms with van der Waals surface area (Å²) in [6, 6.07) is 9.21. The number of nitro benzene ring substituents is 1. The summed E-state index contributed by atoms with van der Waals surface area (Å²) in [5, 5.41) is 20.5. The highest BCUT2D eigenvalue weighted by Gasteiger charge is 2.26. The number of aromatic carboxylic acids is 1. The second-order valence-corrected chi connectivity index (χ2v) is 12.7. The maximum absolute atomic E-state index is 13.7. The molecule has 1 atom stereocenters. The van der Waals surface area contributed by atoms with E-state index in [0.717, 1.165) is 57.4 Å². The maximum atomic E-state index is 13.7. The van der Waals surface area contributed by atoms with Crippen molar-refractivity contribution in [3.05, 3.63) is 63.7 Å². The monoisotopic (exact) mass is 550 g/mol. The van der Waals surface area contributed by atoms with Crippen molar-refractivity contribution in [3.8, 4) is 0 Å². The molecule has 2 aromatic rings. The quantitative estimate of drug-likeness (QED) is 0.355. The van der Waals surface area contributed by atoms with Crippen LogP contribution in [0.1, 0.15) is 80.1 Å². The minimum absolute atomic E-state index is 0.0374. The lowest BCUT2D eigenvalue weighted by Gasteiger charge is -2.23. The molecule has 1 aliphatic heterocycles. The molecule has 0 aromatic heterocycles. The average Bonchev–Trinajstić information content (AvgIpc) is 2.90. The molecule has 0 amide bonds. The molecule has 0 radical (unpaired) electrons. The van der Waals surface area contributed by atoms with Crippen LogP contribution in [-0.4, -0.2) is 46.0 Å². The van der Waals surface area contributed by atoms with Crippen LogP contribution in [-0.2, 0) is 26.6 Å². The molecule has 11 heteroatoms. The number of carbonyl (C=O) groups is 1. The van der Waals surface area contributed by atoms with E-state index >= 15 is 0 Å². The van der Waals surface area contributed by atoms with Gasteiger partial charge in [0.05, 0.1) is 31.9 Å². The topological polar surface area (TPSA) is 135 Å². The second-order valence-electron chi connectivity index (χ2n) is 9.35. The first-order chi connectivity index (χ1) is 17.7. The molecule has 1 saturated heterocycles. The van der Waals surface area contributed by atoms with E-state index in [1.165, 1.54) is 53.5 Å². The Hall–Kier alpha value is -2.63. The third-order valence-corrected chi connectivity index (χ3v) is 9.77. The fourth-order valence-corrected chi connectivity index (χ4v) is 7.26. The predicted molar refractivity (Wildman–Crippen MR) is 142 cm³/mol. The van der Waals surface area contributed by atoms with Gasteiger partial charge in [0.1, 0.15) is 0 Å². The zero-order valence-corrected chi connectivity index (χ0v) is 22.5. The number of carboxylic acids is 1. The number of hydrogen-bond donors (Lipinski definition) is 1. The molecule has 3 rings (SSSR count). The second kappa shape index (κ2) is 13.8. The van der Waals surface area contributed by atoms with Crippen molar-refractivity contribution in [2.75, 3.05) is 13.1 Å². The lowest BCUT2D eigenvalue weighted by Crippen LogP contribution is -2.33. The van der Waals surface area contributed by atoms with E-state index in [0.29, 0.717) is 18.7 Å². The summed E-state index contributed by atoms with van der Waals surface area (Å²) in [5.74, 6) is -1.35. The summed E-state index contributed by atoms with van der Waals surface area (Å²) in [4.78, 5) is 22.1. The molecule has 0 spiro atoms. The number of rotatable bonds is 7. The van der Waals surface area contributed by atoms with Crippen LogP contribution in [0.2, 0.25) is 0 Å². The number of nitrogens with zero attached hydrogens (tertiary/aromatic N) is 2. The van der Waals surface area contributed by atoms with Crippen LogP contribution in [0.5, 0.6) is 0 Å². The highest BCUT2D eigenvalue weighted by atomic mass is 32.2. The van der Waals surface area contributed by atoms with Crippen LogP contribution < -0.4 is 0 Å². The SMILES string of the molecule is O=C(O)c1cc(S(=O)Cc2ccc([N+](=O)[O-])cc2)cc(S(=O)(=O)N2CCCCCCCCCCCC2)c1. The first-order valence-corrected chi connectivity index (χ1v) is 15.4. The Kier molecular flexibility index (Phi) is 10.8. The summed E-state index contributed by atoms with van der Waals surface area (Å²) in [6.07, 6.45) is 10.2. The third-order valence-electron chi connectivity index (χ3n) is 6.54. The molecular formula is C26H34N2O7S2. The van der Waals surface area contributed by atoms with Crippen molar-refractivity contribution in [2.45, 2.75) is 79.8 Å². The van der Waals surface area contributed by atoms with Crippen molar-refractivity contribution in [2.24, 2.45) is 0 Å². The molecule has 9 nitrogen and oxygen atoms in total. The van der Waals surface area contributed by atoms with Crippen molar-refractivity contribution in [1.29, 1.82) is 0 Å². The zero-order chi connectivity index (χ0) is 26.8. The lowest BCUT2D eigenvalue weighted by molar-refractivity contribution is -0.384. The fourth-order valence-electron chi connectivity index (χ4n) is 4.42. The minimum Gasteiger partial charge on any atom is -0.478 e. The molecule has 0 saturated carbocycles. The molecule has 0 aliphatic carbocycles. The molecule has 0 bridgehead atoms. The number of non-ortho nitro benzene ring substituents is 1. The van der Waals surface area contributed by atoms with E-state index in [9.17, 15) is 32.6 Å². The Morgan fingerprint density at radius 3 is 1.89 bits per heavy atom. The number of nitro groups is 1. The van der Waals surface area contributed by atoms with Gasteiger partial charge in [-0.3, -0.25) is 14.3 Å². The zero-order valence-electron chi connectivity index (χ0n) is 20.8.